The minimum absolute atomic E-state index is 0.0925. The van der Waals surface area contributed by atoms with Crippen molar-refractivity contribution in [1.82, 2.24) is 20.1 Å². The molecule has 1 aromatic carbocycles. The summed E-state index contributed by atoms with van der Waals surface area (Å²) in [5.41, 5.74) is 0.973. The maximum Gasteiger partial charge on any atom is 0.233 e. The number of carbonyl (C=O) groups is 1. The maximum absolute atomic E-state index is 12.1. The normalized spacial score (nSPS) is 18.5. The van der Waals surface area contributed by atoms with E-state index in [2.05, 4.69) is 22.4 Å². The van der Waals surface area contributed by atoms with Gasteiger partial charge in [-0.05, 0) is 44.0 Å². The molecule has 1 aliphatic heterocycles. The average molecular weight is 351 g/mol. The van der Waals surface area contributed by atoms with Crippen molar-refractivity contribution < 1.29 is 4.79 Å². The molecule has 1 aromatic heterocycles. The second-order valence-corrected chi connectivity index (χ2v) is 7.06. The molecule has 7 heteroatoms. The van der Waals surface area contributed by atoms with Gasteiger partial charge in [0, 0.05) is 23.7 Å². The lowest BCUT2D eigenvalue weighted by atomic mass is 10.2. The lowest BCUT2D eigenvalue weighted by Crippen LogP contribution is -2.30. The number of amides is 1. The summed E-state index contributed by atoms with van der Waals surface area (Å²) < 4.78 is 2.05. The van der Waals surface area contributed by atoms with Gasteiger partial charge in [-0.1, -0.05) is 29.8 Å². The first-order chi connectivity index (χ1) is 11.2. The number of carbonyl (C=O) groups excluding carboxylic acids is 1. The molecule has 1 N–H and O–H groups in total. The van der Waals surface area contributed by atoms with E-state index in [9.17, 15) is 4.79 Å². The van der Waals surface area contributed by atoms with E-state index in [4.69, 9.17) is 11.6 Å². The Morgan fingerprint density at radius 3 is 2.83 bits per heavy atom. The molecule has 1 saturated heterocycles. The van der Waals surface area contributed by atoms with Gasteiger partial charge < -0.3 is 9.88 Å². The molecule has 1 fully saturated rings. The van der Waals surface area contributed by atoms with Crippen molar-refractivity contribution in [1.29, 1.82) is 0 Å². The van der Waals surface area contributed by atoms with Gasteiger partial charge in [0.15, 0.2) is 11.0 Å². The van der Waals surface area contributed by atoms with E-state index < -0.39 is 0 Å². The Morgan fingerprint density at radius 1 is 1.30 bits per heavy atom. The van der Waals surface area contributed by atoms with Crippen molar-refractivity contribution in [2.45, 2.75) is 43.1 Å². The van der Waals surface area contributed by atoms with Gasteiger partial charge in [-0.15, -0.1) is 10.2 Å². The highest BCUT2D eigenvalue weighted by molar-refractivity contribution is 8.00. The minimum Gasteiger partial charge on any atom is -0.355 e. The number of halogens is 1. The number of hydrogen-bond acceptors (Lipinski definition) is 4. The second kappa shape index (κ2) is 7.36. The van der Waals surface area contributed by atoms with Crippen LogP contribution in [-0.2, 0) is 11.3 Å². The van der Waals surface area contributed by atoms with Crippen LogP contribution in [0.3, 0.4) is 0 Å². The zero-order valence-electron chi connectivity index (χ0n) is 13.0. The fourth-order valence-electron chi connectivity index (χ4n) is 2.62. The van der Waals surface area contributed by atoms with Crippen molar-refractivity contribution in [3.05, 3.63) is 29.3 Å². The summed E-state index contributed by atoms with van der Waals surface area (Å²) in [6.45, 7) is 3.58. The number of thioether (sulfide) groups is 1. The first kappa shape index (κ1) is 16.3. The van der Waals surface area contributed by atoms with Crippen LogP contribution in [0, 0.1) is 0 Å². The molecule has 1 aliphatic rings. The van der Waals surface area contributed by atoms with Crippen molar-refractivity contribution in [2.24, 2.45) is 0 Å². The minimum atomic E-state index is -0.0925. The van der Waals surface area contributed by atoms with Gasteiger partial charge in [-0.2, -0.15) is 0 Å². The smallest absolute Gasteiger partial charge is 0.233 e. The molecule has 1 atom stereocenters. The van der Waals surface area contributed by atoms with Crippen LogP contribution in [-0.4, -0.2) is 32.5 Å². The Balaban J connectivity index is 1.85. The highest BCUT2D eigenvalue weighted by atomic mass is 35.5. The molecule has 1 unspecified atom stereocenters. The van der Waals surface area contributed by atoms with Gasteiger partial charge >= 0.3 is 0 Å². The molecule has 0 aliphatic carbocycles. The highest BCUT2D eigenvalue weighted by Gasteiger charge is 2.25. The van der Waals surface area contributed by atoms with Crippen LogP contribution in [0.5, 0.6) is 0 Å². The molecule has 23 heavy (non-hydrogen) atoms. The largest absolute Gasteiger partial charge is 0.355 e. The maximum atomic E-state index is 12.1. The zero-order chi connectivity index (χ0) is 16.2. The first-order valence-electron chi connectivity index (χ1n) is 7.82. The summed E-state index contributed by atoms with van der Waals surface area (Å²) >= 11 is 7.45. The quantitative estimate of drug-likeness (QED) is 0.918. The molecule has 0 saturated carbocycles. The molecular weight excluding hydrogens is 332 g/mol. The number of nitrogens with one attached hydrogen (secondary N) is 1. The van der Waals surface area contributed by atoms with E-state index >= 15 is 0 Å². The van der Waals surface area contributed by atoms with Gasteiger partial charge in [0.2, 0.25) is 5.91 Å². The molecule has 3 rings (SSSR count). The Morgan fingerprint density at radius 2 is 2.09 bits per heavy atom. The van der Waals surface area contributed by atoms with Crippen molar-refractivity contribution >= 4 is 29.3 Å². The summed E-state index contributed by atoms with van der Waals surface area (Å²) in [6, 6.07) is 7.56. The van der Waals surface area contributed by atoms with Gasteiger partial charge in [-0.3, -0.25) is 4.79 Å². The summed E-state index contributed by atoms with van der Waals surface area (Å²) in [5.74, 6) is 0.909. The first-order valence-corrected chi connectivity index (χ1v) is 9.08. The van der Waals surface area contributed by atoms with Crippen LogP contribution in [0.15, 0.2) is 29.4 Å². The molecular formula is C16H19ClN4OS. The lowest BCUT2D eigenvalue weighted by Gasteiger charge is -2.13. The van der Waals surface area contributed by atoms with Crippen molar-refractivity contribution in [3.8, 4) is 11.4 Å². The molecule has 122 valence electrons. The Hall–Kier alpha value is -1.53. The van der Waals surface area contributed by atoms with E-state index in [-0.39, 0.29) is 11.2 Å². The van der Waals surface area contributed by atoms with Crippen molar-refractivity contribution in [2.75, 3.05) is 6.54 Å². The molecule has 2 aromatic rings. The van der Waals surface area contributed by atoms with E-state index in [0.717, 1.165) is 48.9 Å². The Bertz CT molecular complexity index is 686. The van der Waals surface area contributed by atoms with E-state index in [1.165, 1.54) is 11.8 Å². The third-order valence-electron chi connectivity index (χ3n) is 3.87. The van der Waals surface area contributed by atoms with Crippen LogP contribution in [0.2, 0.25) is 5.02 Å². The van der Waals surface area contributed by atoms with E-state index in [0.29, 0.717) is 5.02 Å². The molecule has 0 radical (unpaired) electrons. The summed E-state index contributed by atoms with van der Waals surface area (Å²) in [5, 5.41) is 13.0. The lowest BCUT2D eigenvalue weighted by molar-refractivity contribution is -0.120. The highest BCUT2D eigenvalue weighted by Crippen LogP contribution is 2.30. The summed E-state index contributed by atoms with van der Waals surface area (Å²) in [7, 11) is 0. The molecule has 5 nitrogen and oxygen atoms in total. The summed E-state index contributed by atoms with van der Waals surface area (Å²) in [6.07, 6.45) is 2.98. The van der Waals surface area contributed by atoms with Crippen LogP contribution in [0.1, 0.15) is 26.2 Å². The number of rotatable bonds is 4. The predicted molar refractivity (Wildman–Crippen MR) is 92.6 cm³/mol. The van der Waals surface area contributed by atoms with Gasteiger partial charge in [-0.25, -0.2) is 0 Å². The topological polar surface area (TPSA) is 59.8 Å². The number of hydrogen-bond donors (Lipinski definition) is 1. The van der Waals surface area contributed by atoms with Crippen LogP contribution >= 0.6 is 23.4 Å². The predicted octanol–water partition coefficient (Wildman–Crippen LogP) is 3.38. The number of aromatic nitrogens is 3. The van der Waals surface area contributed by atoms with Crippen LogP contribution in [0.4, 0.5) is 0 Å². The fourth-order valence-corrected chi connectivity index (χ4v) is 3.91. The van der Waals surface area contributed by atoms with E-state index in [1.54, 1.807) is 0 Å². The number of benzene rings is 1. The van der Waals surface area contributed by atoms with Gasteiger partial charge in [0.1, 0.15) is 0 Å². The van der Waals surface area contributed by atoms with Crippen LogP contribution < -0.4 is 5.32 Å². The monoisotopic (exact) mass is 350 g/mol. The van der Waals surface area contributed by atoms with Crippen molar-refractivity contribution in [3.63, 3.8) is 0 Å². The van der Waals surface area contributed by atoms with Crippen LogP contribution in [0.25, 0.3) is 11.4 Å². The van der Waals surface area contributed by atoms with Gasteiger partial charge in [0.25, 0.3) is 0 Å². The Kier molecular flexibility index (Phi) is 5.23. The molecule has 0 spiro atoms. The second-order valence-electron chi connectivity index (χ2n) is 5.45. The standard InChI is InChI=1S/C16H19ClN4OS/c1-2-21-14(11-6-8-12(17)9-7-11)19-20-16(21)23-13-5-3-4-10-18-15(13)22/h6-9,13H,2-5,10H2,1H3,(H,18,22). The summed E-state index contributed by atoms with van der Waals surface area (Å²) in [4.78, 5) is 12.1. The molecule has 2 heterocycles. The zero-order valence-corrected chi connectivity index (χ0v) is 14.5. The average Bonchev–Trinajstić information content (AvgIpc) is 2.85. The van der Waals surface area contributed by atoms with Gasteiger partial charge in [0.05, 0.1) is 5.25 Å². The SMILES string of the molecule is CCn1c(SC2CCCCNC2=O)nnc1-c1ccc(Cl)cc1. The molecule has 0 bridgehead atoms. The number of nitrogens with zero attached hydrogens (tertiary/aromatic N) is 3. The fraction of sp³-hybridized carbons (Fsp3) is 0.438. The Labute approximate surface area is 144 Å². The third-order valence-corrected chi connectivity index (χ3v) is 5.37. The third kappa shape index (κ3) is 3.70. The van der Waals surface area contributed by atoms with E-state index in [1.807, 2.05) is 28.8 Å². The molecule has 1 amide bonds.